The zero-order valence-electron chi connectivity index (χ0n) is 8.55. The van der Waals surface area contributed by atoms with Gasteiger partial charge in [0.25, 0.3) is 0 Å². The van der Waals surface area contributed by atoms with Crippen molar-refractivity contribution in [2.24, 2.45) is 0 Å². The van der Waals surface area contributed by atoms with Gasteiger partial charge in [0.05, 0.1) is 16.4 Å². The van der Waals surface area contributed by atoms with Crippen LogP contribution in [-0.2, 0) is 4.74 Å². The van der Waals surface area contributed by atoms with E-state index >= 15 is 0 Å². The highest BCUT2D eigenvalue weighted by atomic mass is 79.9. The van der Waals surface area contributed by atoms with E-state index < -0.39 is 0 Å². The number of thiophene rings is 1. The van der Waals surface area contributed by atoms with Gasteiger partial charge in [-0.05, 0) is 46.4 Å². The van der Waals surface area contributed by atoms with Crippen LogP contribution in [0.3, 0.4) is 0 Å². The Balaban J connectivity index is 2.45. The van der Waals surface area contributed by atoms with Crippen LogP contribution in [0.15, 0.2) is 15.2 Å². The zero-order chi connectivity index (χ0) is 10.4. The monoisotopic (exact) mass is 277 g/mol. The predicted octanol–water partition coefficient (Wildman–Crippen LogP) is 3.20. The number of rotatable bonds is 6. The number of hydrogen-bond donors (Lipinski definition) is 1. The zero-order valence-corrected chi connectivity index (χ0v) is 11.0. The van der Waals surface area contributed by atoms with Crippen molar-refractivity contribution >= 4 is 27.3 Å². The van der Waals surface area contributed by atoms with Crippen LogP contribution >= 0.6 is 27.3 Å². The normalized spacial score (nSPS) is 13.1. The summed E-state index contributed by atoms with van der Waals surface area (Å²) in [4.78, 5) is 0. The summed E-state index contributed by atoms with van der Waals surface area (Å²) in [5.41, 5.74) is 1.29. The van der Waals surface area contributed by atoms with Gasteiger partial charge in [0.15, 0.2) is 0 Å². The molecule has 1 rings (SSSR count). The van der Waals surface area contributed by atoms with Crippen molar-refractivity contribution in [1.29, 1.82) is 0 Å². The molecule has 0 saturated heterocycles. The molecule has 0 radical (unpaired) electrons. The van der Waals surface area contributed by atoms with Crippen LogP contribution in [0, 0.1) is 0 Å². The lowest BCUT2D eigenvalue weighted by Crippen LogP contribution is -2.21. The molecule has 4 heteroatoms. The van der Waals surface area contributed by atoms with Crippen molar-refractivity contribution in [1.82, 2.24) is 5.32 Å². The highest BCUT2D eigenvalue weighted by Gasteiger charge is 2.10. The van der Waals surface area contributed by atoms with E-state index in [1.54, 1.807) is 11.3 Å². The molecule has 0 aliphatic heterocycles. The van der Waals surface area contributed by atoms with Crippen molar-refractivity contribution in [3.05, 3.63) is 20.8 Å². The Hall–Kier alpha value is 0.100. The Bertz CT molecular complexity index is 264. The SMILES string of the molecule is CCCOCC(NC)c1csc(Br)c1. The van der Waals surface area contributed by atoms with Gasteiger partial charge < -0.3 is 10.1 Å². The third-order valence-electron chi connectivity index (χ3n) is 1.97. The maximum Gasteiger partial charge on any atom is 0.0701 e. The Kier molecular flexibility index (Phi) is 5.70. The van der Waals surface area contributed by atoms with Crippen LogP contribution in [0.5, 0.6) is 0 Å². The molecule has 0 aliphatic carbocycles. The van der Waals surface area contributed by atoms with E-state index in [2.05, 4.69) is 39.6 Å². The van der Waals surface area contributed by atoms with Crippen LogP contribution < -0.4 is 5.32 Å². The minimum atomic E-state index is 0.309. The highest BCUT2D eigenvalue weighted by Crippen LogP contribution is 2.25. The lowest BCUT2D eigenvalue weighted by atomic mass is 10.2. The van der Waals surface area contributed by atoms with Gasteiger partial charge in [-0.15, -0.1) is 11.3 Å². The first-order chi connectivity index (χ1) is 6.77. The van der Waals surface area contributed by atoms with E-state index in [9.17, 15) is 0 Å². The van der Waals surface area contributed by atoms with Gasteiger partial charge in [0.1, 0.15) is 0 Å². The van der Waals surface area contributed by atoms with Gasteiger partial charge >= 0.3 is 0 Å². The van der Waals surface area contributed by atoms with Crippen molar-refractivity contribution in [2.75, 3.05) is 20.3 Å². The Morgan fingerprint density at radius 2 is 2.43 bits per heavy atom. The fourth-order valence-electron chi connectivity index (χ4n) is 1.20. The van der Waals surface area contributed by atoms with E-state index in [4.69, 9.17) is 4.74 Å². The molecular formula is C10H16BrNOS. The lowest BCUT2D eigenvalue weighted by Gasteiger charge is -2.14. The summed E-state index contributed by atoms with van der Waals surface area (Å²) < 4.78 is 6.70. The molecule has 0 fully saturated rings. The maximum atomic E-state index is 5.53. The van der Waals surface area contributed by atoms with Crippen LogP contribution in [-0.4, -0.2) is 20.3 Å². The fraction of sp³-hybridized carbons (Fsp3) is 0.600. The summed E-state index contributed by atoms with van der Waals surface area (Å²) in [7, 11) is 1.96. The molecule has 1 atom stereocenters. The molecule has 1 N–H and O–H groups in total. The molecule has 80 valence electrons. The first kappa shape index (κ1) is 12.2. The molecule has 0 bridgehead atoms. The third-order valence-corrected chi connectivity index (χ3v) is 3.49. The first-order valence-corrected chi connectivity index (χ1v) is 6.44. The maximum absolute atomic E-state index is 5.53. The molecule has 0 amide bonds. The van der Waals surface area contributed by atoms with Crippen LogP contribution in [0.4, 0.5) is 0 Å². The van der Waals surface area contributed by atoms with Gasteiger partial charge in [0.2, 0.25) is 0 Å². The molecule has 0 aromatic carbocycles. The van der Waals surface area contributed by atoms with E-state index in [0.29, 0.717) is 6.04 Å². The fourth-order valence-corrected chi connectivity index (χ4v) is 2.43. The smallest absolute Gasteiger partial charge is 0.0701 e. The number of ether oxygens (including phenoxy) is 1. The van der Waals surface area contributed by atoms with Crippen LogP contribution in [0.2, 0.25) is 0 Å². The second kappa shape index (κ2) is 6.56. The van der Waals surface area contributed by atoms with Crippen molar-refractivity contribution in [2.45, 2.75) is 19.4 Å². The van der Waals surface area contributed by atoms with Gasteiger partial charge in [-0.2, -0.15) is 0 Å². The summed E-state index contributed by atoms with van der Waals surface area (Å²) in [6.45, 7) is 3.70. The minimum absolute atomic E-state index is 0.309. The molecule has 1 unspecified atom stereocenters. The lowest BCUT2D eigenvalue weighted by molar-refractivity contribution is 0.114. The van der Waals surface area contributed by atoms with Gasteiger partial charge in [-0.1, -0.05) is 6.92 Å². The standard InChI is InChI=1S/C10H16BrNOS/c1-3-4-13-6-9(12-2)8-5-10(11)14-7-8/h5,7,9,12H,3-4,6H2,1-2H3. The van der Waals surface area contributed by atoms with Crippen molar-refractivity contribution < 1.29 is 4.74 Å². The molecular weight excluding hydrogens is 262 g/mol. The highest BCUT2D eigenvalue weighted by molar-refractivity contribution is 9.11. The number of halogens is 1. The number of nitrogens with one attached hydrogen (secondary N) is 1. The second-order valence-electron chi connectivity index (χ2n) is 3.10. The molecule has 0 aliphatic rings. The summed E-state index contributed by atoms with van der Waals surface area (Å²) in [5.74, 6) is 0. The minimum Gasteiger partial charge on any atom is -0.379 e. The Morgan fingerprint density at radius 1 is 1.64 bits per heavy atom. The van der Waals surface area contributed by atoms with Gasteiger partial charge in [-0.3, -0.25) is 0 Å². The van der Waals surface area contributed by atoms with E-state index in [0.717, 1.165) is 19.6 Å². The summed E-state index contributed by atoms with van der Waals surface area (Å²) in [6, 6.07) is 2.45. The molecule has 0 spiro atoms. The topological polar surface area (TPSA) is 21.3 Å². The summed E-state index contributed by atoms with van der Waals surface area (Å²) >= 11 is 5.17. The summed E-state index contributed by atoms with van der Waals surface area (Å²) in [6.07, 6.45) is 1.07. The average Bonchev–Trinajstić information content (AvgIpc) is 2.60. The largest absolute Gasteiger partial charge is 0.379 e. The molecule has 0 saturated carbocycles. The molecule has 2 nitrogen and oxygen atoms in total. The Morgan fingerprint density at radius 3 is 2.93 bits per heavy atom. The third kappa shape index (κ3) is 3.69. The first-order valence-electron chi connectivity index (χ1n) is 4.76. The van der Waals surface area contributed by atoms with Gasteiger partial charge in [-0.25, -0.2) is 0 Å². The van der Waals surface area contributed by atoms with E-state index in [-0.39, 0.29) is 0 Å². The van der Waals surface area contributed by atoms with Crippen LogP contribution in [0.25, 0.3) is 0 Å². The average molecular weight is 278 g/mol. The van der Waals surface area contributed by atoms with Crippen molar-refractivity contribution in [3.63, 3.8) is 0 Å². The number of hydrogen-bond acceptors (Lipinski definition) is 3. The summed E-state index contributed by atoms with van der Waals surface area (Å²) in [5, 5.41) is 5.40. The molecule has 1 aromatic heterocycles. The molecule has 1 heterocycles. The van der Waals surface area contributed by atoms with E-state index in [1.165, 1.54) is 9.35 Å². The predicted molar refractivity (Wildman–Crippen MR) is 64.9 cm³/mol. The van der Waals surface area contributed by atoms with E-state index in [1.807, 2.05) is 7.05 Å². The van der Waals surface area contributed by atoms with Crippen LogP contribution in [0.1, 0.15) is 24.9 Å². The van der Waals surface area contributed by atoms with Gasteiger partial charge in [0, 0.05) is 6.61 Å². The molecule has 1 aromatic rings. The Labute approximate surface area is 97.8 Å². The number of likely N-dealkylation sites (N-methyl/N-ethyl adjacent to an activating group) is 1. The van der Waals surface area contributed by atoms with Crippen molar-refractivity contribution in [3.8, 4) is 0 Å². The second-order valence-corrected chi connectivity index (χ2v) is 5.39. The quantitative estimate of drug-likeness (QED) is 0.807. The molecule has 14 heavy (non-hydrogen) atoms.